The van der Waals surface area contributed by atoms with Crippen LogP contribution in [0.15, 0.2) is 54.6 Å². The molecule has 3 rings (SSSR count). The average Bonchev–Trinajstić information content (AvgIpc) is 2.76. The zero-order valence-electron chi connectivity index (χ0n) is 10.7. The zero-order chi connectivity index (χ0) is 13.2. The van der Waals surface area contributed by atoms with E-state index in [0.29, 0.717) is 11.5 Å². The summed E-state index contributed by atoms with van der Waals surface area (Å²) in [4.78, 5) is 16.5. The van der Waals surface area contributed by atoms with E-state index in [1.54, 1.807) is 16.7 Å². The summed E-state index contributed by atoms with van der Waals surface area (Å²) in [6, 6.07) is 16.8. The van der Waals surface area contributed by atoms with Gasteiger partial charge in [0.2, 0.25) is 5.95 Å². The van der Waals surface area contributed by atoms with Crippen molar-refractivity contribution in [3.05, 3.63) is 60.2 Å². The number of benzene rings is 2. The van der Waals surface area contributed by atoms with Crippen LogP contribution < -0.4 is 22.7 Å². The molecule has 0 spiro atoms. The monoisotopic (exact) mass is 330 g/mol. The molecule has 2 N–H and O–H groups in total. The van der Waals surface area contributed by atoms with Crippen LogP contribution in [0, 0.1) is 0 Å². The molecule has 0 aliphatic heterocycles. The second-order valence-electron chi connectivity index (χ2n) is 4.33. The van der Waals surface area contributed by atoms with E-state index in [1.165, 1.54) is 0 Å². The number of rotatable bonds is 3. The summed E-state index contributed by atoms with van der Waals surface area (Å²) in [5, 5.41) is 0. The molecular formula is C15H13BrN3O-. The molecule has 0 aliphatic carbocycles. The molecule has 0 aliphatic rings. The van der Waals surface area contributed by atoms with E-state index < -0.39 is 0 Å². The summed E-state index contributed by atoms with van der Waals surface area (Å²) in [5.41, 5.74) is 8.24. The number of nitrogens with two attached hydrogens (primary N) is 1. The number of aromatic nitrogens is 2. The lowest BCUT2D eigenvalue weighted by atomic mass is 10.1. The number of fused-ring (bicyclic) bond motifs is 1. The van der Waals surface area contributed by atoms with Crippen molar-refractivity contribution in [1.82, 2.24) is 9.55 Å². The highest BCUT2D eigenvalue weighted by Gasteiger charge is 2.12. The first-order chi connectivity index (χ1) is 9.25. The number of imidazole rings is 1. The first kappa shape index (κ1) is 14.3. The van der Waals surface area contributed by atoms with Gasteiger partial charge >= 0.3 is 0 Å². The van der Waals surface area contributed by atoms with Crippen molar-refractivity contribution in [2.45, 2.75) is 6.54 Å². The fraction of sp³-hybridized carbons (Fsp3) is 0.0667. The van der Waals surface area contributed by atoms with Gasteiger partial charge in [-0.2, -0.15) is 0 Å². The SMILES string of the molecule is Nc1nc2ccccc2n1CC(=O)c1ccccc1.[Br-]. The van der Waals surface area contributed by atoms with Crippen LogP contribution in [0.4, 0.5) is 5.95 Å². The number of halogens is 1. The Morgan fingerprint density at radius 3 is 2.45 bits per heavy atom. The first-order valence-electron chi connectivity index (χ1n) is 6.05. The maximum Gasteiger partial charge on any atom is 0.201 e. The summed E-state index contributed by atoms with van der Waals surface area (Å²) in [6.45, 7) is 0.205. The smallest absolute Gasteiger partial charge is 0.201 e. The molecule has 5 heteroatoms. The molecule has 2 aromatic carbocycles. The number of para-hydroxylation sites is 2. The molecule has 3 aromatic rings. The van der Waals surface area contributed by atoms with E-state index in [-0.39, 0.29) is 29.3 Å². The minimum absolute atomic E-state index is 0. The lowest BCUT2D eigenvalue weighted by Gasteiger charge is -2.05. The fourth-order valence-corrected chi connectivity index (χ4v) is 2.12. The Morgan fingerprint density at radius 2 is 1.70 bits per heavy atom. The molecule has 0 bridgehead atoms. The second-order valence-corrected chi connectivity index (χ2v) is 4.33. The maximum absolute atomic E-state index is 12.2. The van der Waals surface area contributed by atoms with Gasteiger partial charge < -0.3 is 27.3 Å². The van der Waals surface area contributed by atoms with Gasteiger partial charge in [0.1, 0.15) is 0 Å². The van der Waals surface area contributed by atoms with Crippen LogP contribution in [0.5, 0.6) is 0 Å². The van der Waals surface area contributed by atoms with Gasteiger partial charge in [0.25, 0.3) is 0 Å². The molecule has 0 saturated carbocycles. The Morgan fingerprint density at radius 1 is 1.05 bits per heavy atom. The number of ketones is 1. The summed E-state index contributed by atoms with van der Waals surface area (Å²) in [5.74, 6) is 0.390. The minimum atomic E-state index is 0. The Labute approximate surface area is 127 Å². The molecule has 0 saturated heterocycles. The lowest BCUT2D eigenvalue weighted by Crippen LogP contribution is -3.00. The van der Waals surface area contributed by atoms with Gasteiger partial charge in [-0.15, -0.1) is 0 Å². The Balaban J connectivity index is 0.00000147. The van der Waals surface area contributed by atoms with Crippen LogP contribution in [0.3, 0.4) is 0 Å². The molecule has 1 aromatic heterocycles. The molecule has 0 fully saturated rings. The van der Waals surface area contributed by atoms with Gasteiger partial charge in [-0.1, -0.05) is 42.5 Å². The summed E-state index contributed by atoms with van der Waals surface area (Å²) >= 11 is 0. The minimum Gasteiger partial charge on any atom is -1.00 e. The van der Waals surface area contributed by atoms with Crippen LogP contribution in [-0.2, 0) is 6.54 Å². The van der Waals surface area contributed by atoms with Crippen LogP contribution >= 0.6 is 0 Å². The van der Waals surface area contributed by atoms with Gasteiger partial charge in [0, 0.05) is 5.56 Å². The zero-order valence-corrected chi connectivity index (χ0v) is 12.2. The number of anilines is 1. The third-order valence-corrected chi connectivity index (χ3v) is 3.08. The Bertz CT molecular complexity index is 737. The molecule has 0 atom stereocenters. The number of Topliss-reactive ketones (excluding diaryl/α,β-unsaturated/α-hetero) is 1. The van der Waals surface area contributed by atoms with Crippen LogP contribution in [0.25, 0.3) is 11.0 Å². The van der Waals surface area contributed by atoms with E-state index in [4.69, 9.17) is 5.73 Å². The predicted molar refractivity (Wildman–Crippen MR) is 74.9 cm³/mol. The van der Waals surface area contributed by atoms with Crippen LogP contribution in [-0.4, -0.2) is 15.3 Å². The van der Waals surface area contributed by atoms with E-state index in [0.717, 1.165) is 11.0 Å². The largest absolute Gasteiger partial charge is 1.00 e. The van der Waals surface area contributed by atoms with Crippen molar-refractivity contribution in [2.75, 3.05) is 5.73 Å². The molecule has 0 unspecified atom stereocenters. The number of carbonyl (C=O) groups excluding carboxylic acids is 1. The van der Waals surface area contributed by atoms with Crippen molar-refractivity contribution >= 4 is 22.8 Å². The summed E-state index contributed by atoms with van der Waals surface area (Å²) in [6.07, 6.45) is 0. The highest BCUT2D eigenvalue weighted by molar-refractivity contribution is 5.97. The Hall–Kier alpha value is -2.14. The standard InChI is InChI=1S/C15H13N3O.BrH/c16-15-17-12-8-4-5-9-13(12)18(15)10-14(19)11-6-2-1-3-7-11;/h1-9H,10H2,(H2,16,17);1H/p-1. The number of nitrogen functional groups attached to an aromatic ring is 1. The van der Waals surface area contributed by atoms with Crippen molar-refractivity contribution < 1.29 is 21.8 Å². The molecular weight excluding hydrogens is 318 g/mol. The summed E-state index contributed by atoms with van der Waals surface area (Å²) < 4.78 is 1.74. The number of hydrogen-bond acceptors (Lipinski definition) is 3. The number of nitrogens with zero attached hydrogens (tertiary/aromatic N) is 2. The van der Waals surface area contributed by atoms with Gasteiger partial charge in [-0.05, 0) is 12.1 Å². The molecule has 102 valence electrons. The molecule has 0 radical (unpaired) electrons. The number of hydrogen-bond donors (Lipinski definition) is 1. The molecule has 4 nitrogen and oxygen atoms in total. The predicted octanol–water partition coefficient (Wildman–Crippen LogP) is -0.495. The summed E-state index contributed by atoms with van der Waals surface area (Å²) in [7, 11) is 0. The third kappa shape index (κ3) is 2.58. The molecule has 20 heavy (non-hydrogen) atoms. The highest BCUT2D eigenvalue weighted by atomic mass is 79.9. The van der Waals surface area contributed by atoms with Gasteiger partial charge in [0.15, 0.2) is 5.78 Å². The third-order valence-electron chi connectivity index (χ3n) is 3.08. The number of carbonyl (C=O) groups is 1. The maximum atomic E-state index is 12.2. The van der Waals surface area contributed by atoms with E-state index in [2.05, 4.69) is 4.98 Å². The fourth-order valence-electron chi connectivity index (χ4n) is 2.12. The van der Waals surface area contributed by atoms with E-state index in [9.17, 15) is 4.79 Å². The normalized spacial score (nSPS) is 10.2. The second kappa shape index (κ2) is 5.88. The average molecular weight is 331 g/mol. The quantitative estimate of drug-likeness (QED) is 0.659. The Kier molecular flexibility index (Phi) is 4.20. The topological polar surface area (TPSA) is 60.9 Å². The lowest BCUT2D eigenvalue weighted by molar-refractivity contribution is -0.0000118. The van der Waals surface area contributed by atoms with Crippen molar-refractivity contribution in [1.29, 1.82) is 0 Å². The van der Waals surface area contributed by atoms with Crippen molar-refractivity contribution in [3.8, 4) is 0 Å². The van der Waals surface area contributed by atoms with Crippen LogP contribution in [0.2, 0.25) is 0 Å². The van der Waals surface area contributed by atoms with E-state index in [1.807, 2.05) is 42.5 Å². The van der Waals surface area contributed by atoms with Crippen LogP contribution in [0.1, 0.15) is 10.4 Å². The van der Waals surface area contributed by atoms with Gasteiger partial charge in [-0.25, -0.2) is 4.98 Å². The van der Waals surface area contributed by atoms with Crippen molar-refractivity contribution in [2.24, 2.45) is 0 Å². The van der Waals surface area contributed by atoms with Crippen molar-refractivity contribution in [3.63, 3.8) is 0 Å². The molecule has 0 amide bonds. The highest BCUT2D eigenvalue weighted by Crippen LogP contribution is 2.18. The molecule has 1 heterocycles. The van der Waals surface area contributed by atoms with Gasteiger partial charge in [0.05, 0.1) is 17.6 Å². The van der Waals surface area contributed by atoms with E-state index >= 15 is 0 Å². The first-order valence-corrected chi connectivity index (χ1v) is 6.05. The van der Waals surface area contributed by atoms with Gasteiger partial charge in [-0.3, -0.25) is 4.79 Å².